The van der Waals surface area contributed by atoms with Gasteiger partial charge in [0, 0.05) is 12.4 Å². The maximum absolute atomic E-state index is 2.86. The van der Waals surface area contributed by atoms with Crippen molar-refractivity contribution in [3.8, 4) is 0 Å². The van der Waals surface area contributed by atoms with Crippen molar-refractivity contribution in [2.24, 2.45) is 0 Å². The van der Waals surface area contributed by atoms with E-state index in [-0.39, 0.29) is 34.3 Å². The van der Waals surface area contributed by atoms with Crippen LogP contribution < -0.4 is 34.3 Å². The van der Waals surface area contributed by atoms with Crippen molar-refractivity contribution in [3.05, 3.63) is 24.5 Å². The van der Waals surface area contributed by atoms with Crippen molar-refractivity contribution in [3.63, 3.8) is 0 Å². The molecule has 0 radical (unpaired) electrons. The van der Waals surface area contributed by atoms with E-state index in [0.29, 0.717) is 0 Å². The molecule has 0 atom stereocenters. The predicted octanol–water partition coefficient (Wildman–Crippen LogP) is -4.98. The number of H-pyrrole nitrogens is 1. The van der Waals surface area contributed by atoms with E-state index in [2.05, 4.69) is 4.98 Å². The molecule has 34 valence electrons. The number of halogens is 1. The Bertz CT molecular complexity index is 68.2. The van der Waals surface area contributed by atoms with E-state index >= 15 is 0 Å². The van der Waals surface area contributed by atoms with Gasteiger partial charge in [-0.15, -0.1) is 0 Å². The van der Waals surface area contributed by atoms with Gasteiger partial charge in [-0.05, 0) is 12.1 Å². The first-order valence-corrected chi connectivity index (χ1v) is 1.58. The van der Waals surface area contributed by atoms with Crippen molar-refractivity contribution < 1.29 is 34.3 Å². The molecule has 0 bridgehead atoms. The van der Waals surface area contributed by atoms with E-state index in [1.54, 1.807) is 0 Å². The maximum Gasteiger partial charge on any atom is 1.00 e. The summed E-state index contributed by atoms with van der Waals surface area (Å²) < 4.78 is 0. The number of hydrogen-bond acceptors (Lipinski definition) is 0. The zero-order valence-corrected chi connectivity index (χ0v) is 6.19. The van der Waals surface area contributed by atoms with Gasteiger partial charge in [-0.2, -0.15) is 0 Å². The molecule has 3 heteroatoms. The molecule has 0 aliphatic heterocycles. The Labute approximate surface area is 63.8 Å². The van der Waals surface area contributed by atoms with Gasteiger partial charge in [0.05, 0.1) is 0 Å². The van der Waals surface area contributed by atoms with Crippen LogP contribution in [0.15, 0.2) is 24.5 Å². The minimum absolute atomic E-state index is 0. The smallest absolute Gasteiger partial charge is 1.00 e. The Kier molecular flexibility index (Phi) is 9.09. The molecule has 0 aromatic carbocycles. The molecule has 1 rings (SSSR count). The molecule has 1 aromatic rings. The summed E-state index contributed by atoms with van der Waals surface area (Å²) in [6.07, 6.45) is 3.75. The van der Waals surface area contributed by atoms with E-state index in [0.717, 1.165) is 0 Å². The molecule has 0 aliphatic carbocycles. The van der Waals surface area contributed by atoms with Crippen LogP contribution >= 0.6 is 0 Å². The molecule has 1 nitrogen and oxygen atoms in total. The summed E-state index contributed by atoms with van der Waals surface area (Å²) in [5.74, 6) is 0. The Hall–Kier alpha value is 0.210. The van der Waals surface area contributed by atoms with Crippen LogP contribution in [0.4, 0.5) is 0 Å². The van der Waals surface area contributed by atoms with Gasteiger partial charge >= 0.3 is 29.6 Å². The van der Waals surface area contributed by atoms with Crippen LogP contribution in [0, 0.1) is 0 Å². The molecule has 0 saturated carbocycles. The second kappa shape index (κ2) is 6.21. The van der Waals surface area contributed by atoms with Gasteiger partial charge in [0.25, 0.3) is 0 Å². The first-order chi connectivity index (χ1) is 2.50. The second-order valence-electron chi connectivity index (χ2n) is 0.885. The summed E-state index contributed by atoms with van der Waals surface area (Å²) in [6, 6.07) is 3.89. The first-order valence-electron chi connectivity index (χ1n) is 1.58. The van der Waals surface area contributed by atoms with Gasteiger partial charge in [0.1, 0.15) is 0 Å². The number of hydrogen-bond donors (Lipinski definition) is 1. The Morgan fingerprint density at radius 1 is 1.00 bits per heavy atom. The van der Waals surface area contributed by atoms with Crippen LogP contribution in [0.5, 0.6) is 0 Å². The van der Waals surface area contributed by atoms with E-state index in [1.807, 2.05) is 24.5 Å². The third kappa shape index (κ3) is 4.05. The van der Waals surface area contributed by atoms with E-state index in [9.17, 15) is 0 Å². The molecule has 0 fully saturated rings. The molecule has 1 N–H and O–H groups in total. The van der Waals surface area contributed by atoms with Crippen molar-refractivity contribution in [1.82, 2.24) is 4.98 Å². The number of aromatic amines is 1. The average molecular weight is 109 g/mol. The fraction of sp³-hybridized carbons (Fsp3) is 0. The SMILES string of the molecule is [F-].[Na+].c1cc[nH]c1. The molecular formula is C4H5FNNa. The van der Waals surface area contributed by atoms with E-state index < -0.39 is 0 Å². The summed E-state index contributed by atoms with van der Waals surface area (Å²) in [4.78, 5) is 2.86. The van der Waals surface area contributed by atoms with Crippen LogP contribution in [0.3, 0.4) is 0 Å². The van der Waals surface area contributed by atoms with Crippen LogP contribution in [0.2, 0.25) is 0 Å². The third-order valence-corrected chi connectivity index (χ3v) is 0.496. The summed E-state index contributed by atoms with van der Waals surface area (Å²) in [6.45, 7) is 0. The third-order valence-electron chi connectivity index (χ3n) is 0.496. The monoisotopic (exact) mass is 109 g/mol. The molecule has 0 amide bonds. The zero-order chi connectivity index (χ0) is 3.54. The Morgan fingerprint density at radius 3 is 1.57 bits per heavy atom. The van der Waals surface area contributed by atoms with Gasteiger partial charge in [-0.25, -0.2) is 0 Å². The van der Waals surface area contributed by atoms with Crippen LogP contribution in [-0.4, -0.2) is 4.98 Å². The van der Waals surface area contributed by atoms with Crippen LogP contribution in [-0.2, 0) is 0 Å². The number of nitrogens with one attached hydrogen (secondary N) is 1. The van der Waals surface area contributed by atoms with Crippen molar-refractivity contribution in [2.75, 3.05) is 0 Å². The van der Waals surface area contributed by atoms with Crippen molar-refractivity contribution in [2.45, 2.75) is 0 Å². The zero-order valence-electron chi connectivity index (χ0n) is 4.19. The van der Waals surface area contributed by atoms with Gasteiger partial charge in [-0.1, -0.05) is 0 Å². The summed E-state index contributed by atoms with van der Waals surface area (Å²) >= 11 is 0. The molecule has 1 aromatic heterocycles. The van der Waals surface area contributed by atoms with Gasteiger partial charge in [0.2, 0.25) is 0 Å². The summed E-state index contributed by atoms with van der Waals surface area (Å²) in [5.41, 5.74) is 0. The summed E-state index contributed by atoms with van der Waals surface area (Å²) in [7, 11) is 0. The molecular weight excluding hydrogens is 104 g/mol. The molecule has 1 heterocycles. The number of aromatic nitrogens is 1. The van der Waals surface area contributed by atoms with E-state index in [1.165, 1.54) is 0 Å². The van der Waals surface area contributed by atoms with Crippen molar-refractivity contribution >= 4 is 0 Å². The normalized spacial score (nSPS) is 5.71. The van der Waals surface area contributed by atoms with Crippen molar-refractivity contribution in [1.29, 1.82) is 0 Å². The average Bonchev–Trinajstić information content (AvgIpc) is 1.76. The Morgan fingerprint density at radius 2 is 1.43 bits per heavy atom. The van der Waals surface area contributed by atoms with Gasteiger partial charge in [0.15, 0.2) is 0 Å². The van der Waals surface area contributed by atoms with Gasteiger partial charge in [-0.3, -0.25) is 0 Å². The topological polar surface area (TPSA) is 15.8 Å². The fourth-order valence-corrected chi connectivity index (χ4v) is 0.278. The van der Waals surface area contributed by atoms with E-state index in [4.69, 9.17) is 0 Å². The predicted molar refractivity (Wildman–Crippen MR) is 20.8 cm³/mol. The second-order valence-corrected chi connectivity index (χ2v) is 0.885. The molecule has 0 unspecified atom stereocenters. The maximum atomic E-state index is 2.86. The number of rotatable bonds is 0. The standard InChI is InChI=1S/C4H5N.FH.Na/c1-2-4-5-3-1;;/h1-5H;1H;/q;;+1/p-1. The fourth-order valence-electron chi connectivity index (χ4n) is 0.278. The minimum Gasteiger partial charge on any atom is -1.00 e. The molecule has 0 saturated heterocycles. The molecule has 0 spiro atoms. The quantitative estimate of drug-likeness (QED) is 0.321. The largest absolute Gasteiger partial charge is 1.00 e. The van der Waals surface area contributed by atoms with Gasteiger partial charge < -0.3 is 9.69 Å². The minimum atomic E-state index is 0. The molecule has 7 heavy (non-hydrogen) atoms. The molecule has 0 aliphatic rings. The summed E-state index contributed by atoms with van der Waals surface area (Å²) in [5, 5.41) is 0. The van der Waals surface area contributed by atoms with Crippen LogP contribution in [0.1, 0.15) is 0 Å². The first kappa shape index (κ1) is 10.2. The van der Waals surface area contributed by atoms with Crippen LogP contribution in [0.25, 0.3) is 0 Å². The Balaban J connectivity index is 0.